The monoisotopic (exact) mass is 360 g/mol. The molecule has 1 aliphatic rings. The number of Topliss-reactive ketones (excluding diaryl/α,β-unsaturated/α-hetero) is 1. The van der Waals surface area contributed by atoms with Crippen LogP contribution in [0.1, 0.15) is 33.6 Å². The van der Waals surface area contributed by atoms with E-state index in [4.69, 9.17) is 0 Å². The van der Waals surface area contributed by atoms with Crippen LogP contribution in [0.15, 0.2) is 60.7 Å². The Morgan fingerprint density at radius 2 is 1.78 bits per heavy atom. The number of benzene rings is 2. The molecule has 1 fully saturated rings. The van der Waals surface area contributed by atoms with E-state index in [-0.39, 0.29) is 17.3 Å². The number of rotatable bonds is 4. The number of aromatic nitrogens is 1. The summed E-state index contributed by atoms with van der Waals surface area (Å²) in [5.41, 5.74) is 1.62. The van der Waals surface area contributed by atoms with Crippen molar-refractivity contribution < 1.29 is 14.7 Å². The summed E-state index contributed by atoms with van der Waals surface area (Å²) in [6.07, 6.45) is 1.71. The van der Waals surface area contributed by atoms with Gasteiger partial charge in [-0.2, -0.15) is 0 Å². The number of hydrogen-bond acceptors (Lipinski definition) is 4. The summed E-state index contributed by atoms with van der Waals surface area (Å²) in [4.78, 5) is 31.2. The fourth-order valence-electron chi connectivity index (χ4n) is 3.74. The number of anilines is 1. The minimum atomic E-state index is -0.969. The fraction of sp³-hybridized carbons (Fsp3) is 0.227. The number of hydrogen-bond donors (Lipinski definition) is 1. The highest BCUT2D eigenvalue weighted by molar-refractivity contribution is 6.03. The second-order valence-electron chi connectivity index (χ2n) is 6.87. The predicted octanol–water partition coefficient (Wildman–Crippen LogP) is 4.03. The van der Waals surface area contributed by atoms with Crippen molar-refractivity contribution in [3.05, 3.63) is 71.8 Å². The first-order chi connectivity index (χ1) is 13.1. The third-order valence-corrected chi connectivity index (χ3v) is 5.11. The zero-order chi connectivity index (χ0) is 18.8. The molecule has 1 unspecified atom stereocenters. The van der Waals surface area contributed by atoms with Gasteiger partial charge in [-0.3, -0.25) is 4.79 Å². The molecule has 1 aliphatic heterocycles. The van der Waals surface area contributed by atoms with Crippen molar-refractivity contribution in [2.24, 2.45) is 5.92 Å². The summed E-state index contributed by atoms with van der Waals surface area (Å²) in [7, 11) is 0. The summed E-state index contributed by atoms with van der Waals surface area (Å²) in [5, 5.41) is 10.2. The van der Waals surface area contributed by atoms with Gasteiger partial charge in [-0.25, -0.2) is 9.78 Å². The molecule has 3 aromatic rings. The fourth-order valence-corrected chi connectivity index (χ4v) is 3.74. The van der Waals surface area contributed by atoms with Gasteiger partial charge in [-0.15, -0.1) is 0 Å². The first kappa shape index (κ1) is 17.2. The van der Waals surface area contributed by atoms with Crippen molar-refractivity contribution in [1.29, 1.82) is 0 Å². The van der Waals surface area contributed by atoms with Gasteiger partial charge in [-0.1, -0.05) is 48.5 Å². The van der Waals surface area contributed by atoms with Crippen molar-refractivity contribution in [3.63, 3.8) is 0 Å². The Labute approximate surface area is 157 Å². The Morgan fingerprint density at radius 3 is 2.56 bits per heavy atom. The topological polar surface area (TPSA) is 70.5 Å². The predicted molar refractivity (Wildman–Crippen MR) is 104 cm³/mol. The van der Waals surface area contributed by atoms with Crippen LogP contribution < -0.4 is 4.90 Å². The highest BCUT2D eigenvalue weighted by atomic mass is 16.4. The van der Waals surface area contributed by atoms with Crippen molar-refractivity contribution in [1.82, 2.24) is 4.98 Å². The maximum Gasteiger partial charge on any atom is 0.336 e. The molecule has 0 amide bonds. The van der Waals surface area contributed by atoms with E-state index in [1.54, 1.807) is 12.1 Å². The lowest BCUT2D eigenvalue weighted by atomic mass is 9.90. The lowest BCUT2D eigenvalue weighted by Crippen LogP contribution is -2.39. The number of carbonyl (C=O) groups excluding carboxylic acids is 1. The van der Waals surface area contributed by atoms with Crippen molar-refractivity contribution in [3.8, 4) is 0 Å². The van der Waals surface area contributed by atoms with Crippen LogP contribution in [-0.4, -0.2) is 34.9 Å². The van der Waals surface area contributed by atoms with Crippen LogP contribution in [0.4, 0.5) is 5.82 Å². The molecule has 0 bridgehead atoms. The van der Waals surface area contributed by atoms with Gasteiger partial charge in [0.2, 0.25) is 0 Å². The zero-order valence-corrected chi connectivity index (χ0v) is 14.8. The molecule has 0 aliphatic carbocycles. The van der Waals surface area contributed by atoms with Gasteiger partial charge in [-0.05, 0) is 25.0 Å². The second-order valence-corrected chi connectivity index (χ2v) is 6.87. The van der Waals surface area contributed by atoms with E-state index in [1.165, 1.54) is 0 Å². The number of ketones is 1. The first-order valence-corrected chi connectivity index (χ1v) is 9.11. The van der Waals surface area contributed by atoms with Gasteiger partial charge in [0.1, 0.15) is 5.82 Å². The SMILES string of the molecule is O=C(O)c1cc(N2CCCC(C(=O)c3ccccc3)C2)nc2ccccc12. The van der Waals surface area contributed by atoms with Crippen molar-refractivity contribution in [2.75, 3.05) is 18.0 Å². The first-order valence-electron chi connectivity index (χ1n) is 9.11. The molecule has 1 atom stereocenters. The van der Waals surface area contributed by atoms with E-state index in [9.17, 15) is 14.7 Å². The third-order valence-electron chi connectivity index (χ3n) is 5.11. The number of carboxylic acids is 1. The molecule has 2 heterocycles. The summed E-state index contributed by atoms with van der Waals surface area (Å²) in [5.74, 6) is -0.317. The van der Waals surface area contributed by atoms with Gasteiger partial charge >= 0.3 is 5.97 Å². The number of piperidine rings is 1. The van der Waals surface area contributed by atoms with E-state index < -0.39 is 5.97 Å². The van der Waals surface area contributed by atoms with Crippen molar-refractivity contribution in [2.45, 2.75) is 12.8 Å². The molecule has 2 aromatic carbocycles. The molecular formula is C22H20N2O3. The van der Waals surface area contributed by atoms with Crippen LogP contribution >= 0.6 is 0 Å². The molecule has 0 saturated carbocycles. The highest BCUT2D eigenvalue weighted by Gasteiger charge is 2.28. The number of carbonyl (C=O) groups is 2. The van der Waals surface area contributed by atoms with Crippen LogP contribution in [0, 0.1) is 5.92 Å². The standard InChI is InChI=1S/C22H20N2O3/c25-21(15-7-2-1-3-8-15)16-9-6-12-24(14-16)20-13-18(22(26)27)17-10-4-5-11-19(17)23-20/h1-5,7-8,10-11,13,16H,6,9,12,14H2,(H,26,27). The smallest absolute Gasteiger partial charge is 0.336 e. The Morgan fingerprint density at radius 1 is 1.04 bits per heavy atom. The van der Waals surface area contributed by atoms with E-state index in [0.717, 1.165) is 24.9 Å². The van der Waals surface area contributed by atoms with Gasteiger partial charge in [0.15, 0.2) is 5.78 Å². The molecule has 27 heavy (non-hydrogen) atoms. The molecule has 5 nitrogen and oxygen atoms in total. The average molecular weight is 360 g/mol. The van der Waals surface area contributed by atoms with E-state index in [0.29, 0.717) is 23.3 Å². The molecule has 0 radical (unpaired) electrons. The average Bonchev–Trinajstić information content (AvgIpc) is 2.73. The summed E-state index contributed by atoms with van der Waals surface area (Å²) < 4.78 is 0. The number of para-hydroxylation sites is 1. The van der Waals surface area contributed by atoms with Crippen LogP contribution in [0.5, 0.6) is 0 Å². The quantitative estimate of drug-likeness (QED) is 0.711. The zero-order valence-electron chi connectivity index (χ0n) is 14.8. The number of pyridine rings is 1. The minimum absolute atomic E-state index is 0.109. The normalized spacial score (nSPS) is 17.0. The van der Waals surface area contributed by atoms with Gasteiger partial charge in [0.05, 0.1) is 11.1 Å². The largest absolute Gasteiger partial charge is 0.478 e. The van der Waals surface area contributed by atoms with Gasteiger partial charge in [0, 0.05) is 30.0 Å². The lowest BCUT2D eigenvalue weighted by Gasteiger charge is -2.33. The van der Waals surface area contributed by atoms with E-state index in [1.807, 2.05) is 53.4 Å². The number of fused-ring (bicyclic) bond motifs is 1. The number of carboxylic acid groups (broad SMARTS) is 1. The number of nitrogens with zero attached hydrogens (tertiary/aromatic N) is 2. The summed E-state index contributed by atoms with van der Waals surface area (Å²) >= 11 is 0. The van der Waals surface area contributed by atoms with Crippen LogP contribution in [0.3, 0.4) is 0 Å². The van der Waals surface area contributed by atoms with Crippen LogP contribution in [0.25, 0.3) is 10.9 Å². The molecule has 4 rings (SSSR count). The van der Waals surface area contributed by atoms with Crippen molar-refractivity contribution >= 4 is 28.5 Å². The second kappa shape index (κ2) is 7.19. The Kier molecular flexibility index (Phi) is 4.59. The molecule has 1 aromatic heterocycles. The minimum Gasteiger partial charge on any atom is -0.478 e. The van der Waals surface area contributed by atoms with Gasteiger partial charge < -0.3 is 10.0 Å². The molecule has 5 heteroatoms. The number of aromatic carboxylic acids is 1. The molecule has 0 spiro atoms. The lowest BCUT2D eigenvalue weighted by molar-refractivity contribution is 0.0698. The van der Waals surface area contributed by atoms with Crippen LogP contribution in [-0.2, 0) is 0 Å². The Balaban J connectivity index is 1.65. The molecule has 1 saturated heterocycles. The summed E-state index contributed by atoms with van der Waals surface area (Å²) in [6, 6.07) is 18.2. The maximum absolute atomic E-state index is 12.8. The van der Waals surface area contributed by atoms with Crippen LogP contribution in [0.2, 0.25) is 0 Å². The summed E-state index contributed by atoms with van der Waals surface area (Å²) in [6.45, 7) is 1.32. The maximum atomic E-state index is 12.8. The molecular weight excluding hydrogens is 340 g/mol. The van der Waals surface area contributed by atoms with Gasteiger partial charge in [0.25, 0.3) is 0 Å². The molecule has 1 N–H and O–H groups in total. The third kappa shape index (κ3) is 3.40. The Hall–Kier alpha value is -3.21. The highest BCUT2D eigenvalue weighted by Crippen LogP contribution is 2.28. The Bertz CT molecular complexity index is 1000. The van der Waals surface area contributed by atoms with E-state index in [2.05, 4.69) is 4.98 Å². The van der Waals surface area contributed by atoms with E-state index >= 15 is 0 Å². The molecule has 136 valence electrons.